The van der Waals surface area contributed by atoms with Gasteiger partial charge in [-0.05, 0) is 32.9 Å². The zero-order chi connectivity index (χ0) is 15.9. The predicted molar refractivity (Wildman–Crippen MR) is 87.5 cm³/mol. The van der Waals surface area contributed by atoms with Crippen LogP contribution >= 0.6 is 0 Å². The average Bonchev–Trinajstić information content (AvgIpc) is 3.07. The number of rotatable bonds is 6. The molecule has 22 heavy (non-hydrogen) atoms. The van der Waals surface area contributed by atoms with E-state index >= 15 is 0 Å². The maximum absolute atomic E-state index is 12.5. The van der Waals surface area contributed by atoms with E-state index < -0.39 is 0 Å². The molecular formula is C18H24N2O2. The summed E-state index contributed by atoms with van der Waals surface area (Å²) < 4.78 is 5.57. The average molecular weight is 300 g/mol. The van der Waals surface area contributed by atoms with E-state index in [0.29, 0.717) is 6.54 Å². The molecule has 1 aliphatic rings. The van der Waals surface area contributed by atoms with Gasteiger partial charge in [-0.3, -0.25) is 9.69 Å². The maximum Gasteiger partial charge on any atom is 0.239 e. The minimum atomic E-state index is -0.140. The van der Waals surface area contributed by atoms with Gasteiger partial charge >= 0.3 is 0 Å². The third kappa shape index (κ3) is 4.02. The molecule has 0 bridgehead atoms. The Morgan fingerprint density at radius 1 is 1.41 bits per heavy atom. The summed E-state index contributed by atoms with van der Waals surface area (Å²) in [6, 6.07) is 7.68. The van der Waals surface area contributed by atoms with Crippen molar-refractivity contribution in [2.75, 3.05) is 26.7 Å². The van der Waals surface area contributed by atoms with Crippen molar-refractivity contribution in [3.05, 3.63) is 29.8 Å². The van der Waals surface area contributed by atoms with E-state index in [1.54, 1.807) is 0 Å². The molecule has 2 rings (SSSR count). The van der Waals surface area contributed by atoms with Crippen LogP contribution in [0.5, 0.6) is 5.75 Å². The van der Waals surface area contributed by atoms with Crippen molar-refractivity contribution in [1.29, 1.82) is 0 Å². The van der Waals surface area contributed by atoms with Crippen LogP contribution in [0.1, 0.15) is 25.3 Å². The Morgan fingerprint density at radius 3 is 2.77 bits per heavy atom. The van der Waals surface area contributed by atoms with E-state index in [0.717, 1.165) is 37.2 Å². The minimum absolute atomic E-state index is 0.140. The number of carbonyl (C=O) groups excluding carboxylic acids is 1. The molecule has 0 saturated carbocycles. The van der Waals surface area contributed by atoms with Gasteiger partial charge in [0, 0.05) is 25.2 Å². The largest absolute Gasteiger partial charge is 0.481 e. The number of hydrogen-bond acceptors (Lipinski definition) is 3. The highest BCUT2D eigenvalue weighted by Crippen LogP contribution is 2.21. The molecule has 4 heteroatoms. The Morgan fingerprint density at radius 2 is 2.09 bits per heavy atom. The molecule has 1 amide bonds. The van der Waals surface area contributed by atoms with E-state index in [9.17, 15) is 4.79 Å². The highest BCUT2D eigenvalue weighted by Gasteiger charge is 2.26. The van der Waals surface area contributed by atoms with Crippen molar-refractivity contribution < 1.29 is 9.53 Å². The molecule has 1 heterocycles. The van der Waals surface area contributed by atoms with Gasteiger partial charge in [0.15, 0.2) is 0 Å². The van der Waals surface area contributed by atoms with Crippen LogP contribution in [0, 0.1) is 12.3 Å². The number of carbonyl (C=O) groups is 1. The first-order valence-corrected chi connectivity index (χ1v) is 7.76. The summed E-state index contributed by atoms with van der Waals surface area (Å²) in [6.07, 6.45) is 7.48. The normalized spacial score (nSPS) is 15.6. The predicted octanol–water partition coefficient (Wildman–Crippen LogP) is 2.14. The quantitative estimate of drug-likeness (QED) is 0.755. The molecule has 1 saturated heterocycles. The van der Waals surface area contributed by atoms with Crippen molar-refractivity contribution in [3.8, 4) is 18.1 Å². The lowest BCUT2D eigenvalue weighted by molar-refractivity contribution is -0.135. The summed E-state index contributed by atoms with van der Waals surface area (Å²) in [5.74, 6) is 3.47. The number of para-hydroxylation sites is 1. The summed E-state index contributed by atoms with van der Waals surface area (Å²) in [5, 5.41) is 0. The molecule has 1 aromatic rings. The Bertz CT molecular complexity index is 544. The van der Waals surface area contributed by atoms with Crippen molar-refractivity contribution in [2.24, 2.45) is 0 Å². The number of hydrogen-bond donors (Lipinski definition) is 0. The number of amides is 1. The topological polar surface area (TPSA) is 32.8 Å². The first-order chi connectivity index (χ1) is 10.6. The number of likely N-dealkylation sites (tertiary alicyclic amines) is 1. The Hall–Kier alpha value is -1.99. The van der Waals surface area contributed by atoms with Crippen LogP contribution < -0.4 is 4.74 Å². The van der Waals surface area contributed by atoms with Crippen molar-refractivity contribution in [3.63, 3.8) is 0 Å². The number of benzene rings is 1. The third-order valence-corrected chi connectivity index (χ3v) is 4.14. The maximum atomic E-state index is 12.5. The lowest BCUT2D eigenvalue weighted by Crippen LogP contribution is -2.44. The molecule has 118 valence electrons. The molecule has 1 fully saturated rings. The lowest BCUT2D eigenvalue weighted by Gasteiger charge is -2.28. The van der Waals surface area contributed by atoms with Gasteiger partial charge < -0.3 is 9.64 Å². The van der Waals surface area contributed by atoms with Gasteiger partial charge in [-0.2, -0.15) is 0 Å². The van der Waals surface area contributed by atoms with E-state index in [1.807, 2.05) is 43.1 Å². The number of likely N-dealkylation sites (N-methyl/N-ethyl adjacent to an activating group) is 1. The second-order valence-corrected chi connectivity index (χ2v) is 5.72. The molecule has 0 radical (unpaired) electrons. The van der Waals surface area contributed by atoms with Crippen molar-refractivity contribution >= 4 is 5.91 Å². The molecule has 4 nitrogen and oxygen atoms in total. The number of terminal acetylenes is 1. The summed E-state index contributed by atoms with van der Waals surface area (Å²) in [6.45, 7) is 4.65. The van der Waals surface area contributed by atoms with Crippen LogP contribution in [0.25, 0.3) is 0 Å². The third-order valence-electron chi connectivity index (χ3n) is 4.14. The Kier molecular flexibility index (Phi) is 5.85. The summed E-state index contributed by atoms with van der Waals surface area (Å²) in [5.41, 5.74) is 1.04. The fourth-order valence-corrected chi connectivity index (χ4v) is 2.69. The van der Waals surface area contributed by atoms with Gasteiger partial charge in [0.1, 0.15) is 12.4 Å². The van der Waals surface area contributed by atoms with Gasteiger partial charge in [0.25, 0.3) is 0 Å². The summed E-state index contributed by atoms with van der Waals surface area (Å²) >= 11 is 0. The van der Waals surface area contributed by atoms with Crippen LogP contribution in [-0.2, 0) is 11.3 Å². The monoisotopic (exact) mass is 300 g/mol. The Labute approximate surface area is 133 Å². The van der Waals surface area contributed by atoms with E-state index in [2.05, 4.69) is 10.8 Å². The van der Waals surface area contributed by atoms with Crippen LogP contribution in [0.4, 0.5) is 0 Å². The van der Waals surface area contributed by atoms with E-state index in [-0.39, 0.29) is 18.6 Å². The van der Waals surface area contributed by atoms with Crippen molar-refractivity contribution in [1.82, 2.24) is 9.80 Å². The molecule has 1 aliphatic heterocycles. The Balaban J connectivity index is 2.00. The molecule has 0 aliphatic carbocycles. The first-order valence-electron chi connectivity index (χ1n) is 7.76. The molecule has 0 unspecified atom stereocenters. The lowest BCUT2D eigenvalue weighted by atomic mass is 10.1. The second kappa shape index (κ2) is 7.86. The zero-order valence-corrected chi connectivity index (χ0v) is 13.4. The molecule has 0 N–H and O–H groups in total. The SMILES string of the molecule is C#CCOc1ccccc1CN(C)[C@H](C)C(=O)N1CCCC1. The van der Waals surface area contributed by atoms with Gasteiger partial charge in [0.05, 0.1) is 6.04 Å². The van der Waals surface area contributed by atoms with Gasteiger partial charge in [0.2, 0.25) is 5.91 Å². The van der Waals surface area contributed by atoms with Crippen LogP contribution in [0.2, 0.25) is 0 Å². The fourth-order valence-electron chi connectivity index (χ4n) is 2.69. The highest BCUT2D eigenvalue weighted by molar-refractivity contribution is 5.81. The molecule has 1 atom stereocenters. The van der Waals surface area contributed by atoms with Gasteiger partial charge in [-0.1, -0.05) is 24.1 Å². The molecule has 0 spiro atoms. The van der Waals surface area contributed by atoms with Crippen molar-refractivity contribution in [2.45, 2.75) is 32.4 Å². The summed E-state index contributed by atoms with van der Waals surface area (Å²) in [4.78, 5) is 16.5. The molecule has 0 aromatic heterocycles. The van der Waals surface area contributed by atoms with Gasteiger partial charge in [-0.15, -0.1) is 6.42 Å². The fraction of sp³-hybridized carbons (Fsp3) is 0.500. The summed E-state index contributed by atoms with van der Waals surface area (Å²) in [7, 11) is 1.97. The standard InChI is InChI=1S/C18H24N2O2/c1-4-13-22-17-10-6-5-9-16(17)14-19(3)15(2)18(21)20-11-7-8-12-20/h1,5-6,9-10,15H,7-8,11-14H2,2-3H3/t15-/m1/s1. The number of nitrogens with zero attached hydrogens (tertiary/aromatic N) is 2. The first kappa shape index (κ1) is 16.4. The highest BCUT2D eigenvalue weighted by atomic mass is 16.5. The second-order valence-electron chi connectivity index (χ2n) is 5.72. The van der Waals surface area contributed by atoms with Gasteiger partial charge in [-0.25, -0.2) is 0 Å². The molecule has 1 aromatic carbocycles. The van der Waals surface area contributed by atoms with Crippen LogP contribution in [0.15, 0.2) is 24.3 Å². The zero-order valence-electron chi connectivity index (χ0n) is 13.4. The van der Waals surface area contributed by atoms with E-state index in [1.165, 1.54) is 0 Å². The smallest absolute Gasteiger partial charge is 0.239 e. The molecular weight excluding hydrogens is 276 g/mol. The van der Waals surface area contributed by atoms with Crippen LogP contribution in [-0.4, -0.2) is 48.5 Å². The van der Waals surface area contributed by atoms with E-state index in [4.69, 9.17) is 11.2 Å². The number of ether oxygens (including phenoxy) is 1. The van der Waals surface area contributed by atoms with Crippen LogP contribution in [0.3, 0.4) is 0 Å². The minimum Gasteiger partial charge on any atom is -0.481 e.